The monoisotopic (exact) mass is 237 g/mol. The molecule has 0 saturated carbocycles. The normalized spacial score (nSPS) is 10.8. The average molecular weight is 237 g/mol. The van der Waals surface area contributed by atoms with E-state index < -0.39 is 6.67 Å². The second kappa shape index (κ2) is 4.99. The Labute approximate surface area is 99.2 Å². The standard InChI is InChI=1S/C11H16FN5/c1-9-7-17(4-3-12)15-11(9)13-5-10-6-14-16(2)8-10/h6-8H,3-5H2,1-2H3,(H,13,15). The van der Waals surface area contributed by atoms with Crippen LogP contribution in [0.25, 0.3) is 0 Å². The highest BCUT2D eigenvalue weighted by molar-refractivity contribution is 5.42. The Morgan fingerprint density at radius 2 is 2.24 bits per heavy atom. The number of aryl methyl sites for hydroxylation is 3. The molecule has 0 aliphatic heterocycles. The first-order chi connectivity index (χ1) is 8.19. The van der Waals surface area contributed by atoms with Gasteiger partial charge in [0.2, 0.25) is 0 Å². The predicted molar refractivity (Wildman–Crippen MR) is 63.5 cm³/mol. The van der Waals surface area contributed by atoms with Crippen LogP contribution in [0.3, 0.4) is 0 Å². The van der Waals surface area contributed by atoms with Gasteiger partial charge in [0.1, 0.15) is 6.67 Å². The SMILES string of the molecule is Cc1cn(CCF)nc1NCc1cnn(C)c1. The van der Waals surface area contributed by atoms with Crippen LogP contribution in [0.1, 0.15) is 11.1 Å². The summed E-state index contributed by atoms with van der Waals surface area (Å²) in [6.45, 7) is 2.52. The molecule has 2 rings (SSSR count). The molecule has 0 spiro atoms. The summed E-state index contributed by atoms with van der Waals surface area (Å²) in [7, 11) is 1.88. The van der Waals surface area contributed by atoms with Gasteiger partial charge >= 0.3 is 0 Å². The second-order valence-electron chi connectivity index (χ2n) is 3.99. The lowest BCUT2D eigenvalue weighted by Crippen LogP contribution is -2.03. The van der Waals surface area contributed by atoms with Gasteiger partial charge in [0.15, 0.2) is 5.82 Å². The molecule has 0 aliphatic carbocycles. The van der Waals surface area contributed by atoms with Crippen LogP contribution in [-0.2, 0) is 20.1 Å². The van der Waals surface area contributed by atoms with Crippen molar-refractivity contribution in [3.63, 3.8) is 0 Å². The summed E-state index contributed by atoms with van der Waals surface area (Å²) < 4.78 is 15.5. The molecular weight excluding hydrogens is 221 g/mol. The Morgan fingerprint density at radius 1 is 1.41 bits per heavy atom. The number of nitrogens with one attached hydrogen (secondary N) is 1. The molecule has 0 unspecified atom stereocenters. The Bertz CT molecular complexity index is 488. The fourth-order valence-electron chi connectivity index (χ4n) is 1.65. The lowest BCUT2D eigenvalue weighted by molar-refractivity contribution is 0.427. The van der Waals surface area contributed by atoms with Crippen LogP contribution in [0.15, 0.2) is 18.6 Å². The van der Waals surface area contributed by atoms with E-state index in [1.54, 1.807) is 15.6 Å². The highest BCUT2D eigenvalue weighted by atomic mass is 19.1. The zero-order chi connectivity index (χ0) is 12.3. The van der Waals surface area contributed by atoms with Gasteiger partial charge in [-0.15, -0.1) is 0 Å². The van der Waals surface area contributed by atoms with E-state index in [1.165, 1.54) is 0 Å². The lowest BCUT2D eigenvalue weighted by atomic mass is 10.3. The topological polar surface area (TPSA) is 47.7 Å². The summed E-state index contributed by atoms with van der Waals surface area (Å²) in [5, 5.41) is 11.6. The molecule has 0 aliphatic rings. The third kappa shape index (κ3) is 2.83. The van der Waals surface area contributed by atoms with E-state index in [9.17, 15) is 4.39 Å². The van der Waals surface area contributed by atoms with Crippen molar-refractivity contribution in [3.8, 4) is 0 Å². The molecule has 6 heteroatoms. The third-order valence-electron chi connectivity index (χ3n) is 2.48. The first-order valence-electron chi connectivity index (χ1n) is 5.50. The number of nitrogens with zero attached hydrogens (tertiary/aromatic N) is 4. The van der Waals surface area contributed by atoms with Crippen LogP contribution in [0.5, 0.6) is 0 Å². The predicted octanol–water partition coefficient (Wildman–Crippen LogP) is 1.51. The summed E-state index contributed by atoms with van der Waals surface area (Å²) in [5.74, 6) is 0.794. The summed E-state index contributed by atoms with van der Waals surface area (Å²) >= 11 is 0. The van der Waals surface area contributed by atoms with Gasteiger partial charge in [-0.2, -0.15) is 10.2 Å². The van der Waals surface area contributed by atoms with Gasteiger partial charge in [0.25, 0.3) is 0 Å². The van der Waals surface area contributed by atoms with Crippen molar-refractivity contribution in [3.05, 3.63) is 29.7 Å². The van der Waals surface area contributed by atoms with Crippen molar-refractivity contribution in [2.24, 2.45) is 7.05 Å². The van der Waals surface area contributed by atoms with Crippen LogP contribution in [0, 0.1) is 6.92 Å². The Hall–Kier alpha value is -1.85. The van der Waals surface area contributed by atoms with Crippen molar-refractivity contribution in [1.82, 2.24) is 19.6 Å². The fraction of sp³-hybridized carbons (Fsp3) is 0.455. The zero-order valence-corrected chi connectivity index (χ0v) is 10.0. The first kappa shape index (κ1) is 11.6. The molecule has 0 amide bonds. The van der Waals surface area contributed by atoms with Crippen molar-refractivity contribution < 1.29 is 4.39 Å². The zero-order valence-electron chi connectivity index (χ0n) is 10.0. The van der Waals surface area contributed by atoms with E-state index in [-0.39, 0.29) is 0 Å². The molecular formula is C11H16FN5. The minimum atomic E-state index is -0.400. The van der Waals surface area contributed by atoms with Crippen LogP contribution < -0.4 is 5.32 Å². The van der Waals surface area contributed by atoms with Crippen molar-refractivity contribution in [2.45, 2.75) is 20.0 Å². The highest BCUT2D eigenvalue weighted by Crippen LogP contribution is 2.12. The van der Waals surface area contributed by atoms with Gasteiger partial charge in [-0.25, -0.2) is 4.39 Å². The van der Waals surface area contributed by atoms with E-state index in [0.717, 1.165) is 16.9 Å². The molecule has 5 nitrogen and oxygen atoms in total. The summed E-state index contributed by atoms with van der Waals surface area (Å²) in [6, 6.07) is 0. The Balaban J connectivity index is 1.98. The molecule has 0 fully saturated rings. The highest BCUT2D eigenvalue weighted by Gasteiger charge is 2.05. The molecule has 0 bridgehead atoms. The van der Waals surface area contributed by atoms with Gasteiger partial charge < -0.3 is 5.32 Å². The van der Waals surface area contributed by atoms with E-state index in [1.807, 2.05) is 26.4 Å². The summed E-state index contributed by atoms with van der Waals surface area (Å²) in [5.41, 5.74) is 2.11. The van der Waals surface area contributed by atoms with Crippen LogP contribution >= 0.6 is 0 Å². The number of halogens is 1. The van der Waals surface area contributed by atoms with Crippen LogP contribution in [0.2, 0.25) is 0 Å². The summed E-state index contributed by atoms with van der Waals surface area (Å²) in [6.07, 6.45) is 5.59. The van der Waals surface area contributed by atoms with Crippen molar-refractivity contribution >= 4 is 5.82 Å². The number of alkyl halides is 1. The van der Waals surface area contributed by atoms with E-state index >= 15 is 0 Å². The number of hydrogen-bond acceptors (Lipinski definition) is 3. The number of rotatable bonds is 5. The second-order valence-corrected chi connectivity index (χ2v) is 3.99. The van der Waals surface area contributed by atoms with Crippen molar-refractivity contribution in [2.75, 3.05) is 12.0 Å². The molecule has 17 heavy (non-hydrogen) atoms. The molecule has 0 atom stereocenters. The average Bonchev–Trinajstić information content (AvgIpc) is 2.83. The summed E-state index contributed by atoms with van der Waals surface area (Å²) in [4.78, 5) is 0. The van der Waals surface area contributed by atoms with Crippen LogP contribution in [-0.4, -0.2) is 26.2 Å². The number of aromatic nitrogens is 4. The largest absolute Gasteiger partial charge is 0.364 e. The maximum atomic E-state index is 12.2. The maximum Gasteiger partial charge on any atom is 0.151 e. The van der Waals surface area contributed by atoms with Gasteiger partial charge in [-0.05, 0) is 6.92 Å². The Kier molecular flexibility index (Phi) is 3.41. The van der Waals surface area contributed by atoms with Gasteiger partial charge in [0.05, 0.1) is 12.7 Å². The first-order valence-corrected chi connectivity index (χ1v) is 5.50. The van der Waals surface area contributed by atoms with E-state index in [2.05, 4.69) is 15.5 Å². The minimum Gasteiger partial charge on any atom is -0.364 e. The number of anilines is 1. The maximum absolute atomic E-state index is 12.2. The molecule has 92 valence electrons. The lowest BCUT2D eigenvalue weighted by Gasteiger charge is -2.01. The quantitative estimate of drug-likeness (QED) is 0.857. The van der Waals surface area contributed by atoms with Crippen molar-refractivity contribution in [1.29, 1.82) is 0 Å². The molecule has 0 radical (unpaired) electrons. The molecule has 2 aromatic rings. The fourth-order valence-corrected chi connectivity index (χ4v) is 1.65. The molecule has 2 aromatic heterocycles. The smallest absolute Gasteiger partial charge is 0.151 e. The third-order valence-corrected chi connectivity index (χ3v) is 2.48. The van der Waals surface area contributed by atoms with Crippen LogP contribution in [0.4, 0.5) is 10.2 Å². The Morgan fingerprint density at radius 3 is 2.88 bits per heavy atom. The molecule has 0 saturated heterocycles. The van der Waals surface area contributed by atoms with E-state index in [0.29, 0.717) is 13.1 Å². The van der Waals surface area contributed by atoms with Gasteiger partial charge in [0, 0.05) is 37.1 Å². The van der Waals surface area contributed by atoms with E-state index in [4.69, 9.17) is 0 Å². The molecule has 2 heterocycles. The minimum absolute atomic E-state index is 0.301. The van der Waals surface area contributed by atoms with Gasteiger partial charge in [-0.1, -0.05) is 0 Å². The molecule has 1 N–H and O–H groups in total. The molecule has 0 aromatic carbocycles. The number of hydrogen-bond donors (Lipinski definition) is 1. The van der Waals surface area contributed by atoms with Gasteiger partial charge in [-0.3, -0.25) is 9.36 Å².